The minimum Gasteiger partial charge on any atom is -0.388 e. The predicted molar refractivity (Wildman–Crippen MR) is 71.3 cm³/mol. The summed E-state index contributed by atoms with van der Waals surface area (Å²) in [6.45, 7) is 6.15. The average Bonchev–Trinajstić information content (AvgIpc) is 2.35. The van der Waals surface area contributed by atoms with Crippen molar-refractivity contribution in [2.45, 2.75) is 32.8 Å². The van der Waals surface area contributed by atoms with Gasteiger partial charge < -0.3 is 16.2 Å². The van der Waals surface area contributed by atoms with Crippen LogP contribution >= 0.6 is 0 Å². The fraction of sp³-hybridized carbons (Fsp3) is 0.538. The van der Waals surface area contributed by atoms with E-state index in [-0.39, 0.29) is 5.92 Å². The van der Waals surface area contributed by atoms with Gasteiger partial charge in [-0.15, -0.1) is 0 Å². The molecule has 0 saturated heterocycles. The van der Waals surface area contributed by atoms with Gasteiger partial charge >= 0.3 is 0 Å². The summed E-state index contributed by atoms with van der Waals surface area (Å²) in [7, 11) is 0. The summed E-state index contributed by atoms with van der Waals surface area (Å²) in [5, 5.41) is 13.3. The molecule has 0 aliphatic rings. The topological polar surface area (TPSA) is 88.2 Å². The number of anilines is 1. The van der Waals surface area contributed by atoms with E-state index in [1.807, 2.05) is 13.8 Å². The Hall–Kier alpha value is -1.62. The van der Waals surface area contributed by atoms with Gasteiger partial charge in [-0.3, -0.25) is 9.78 Å². The zero-order chi connectivity index (χ0) is 13.8. The van der Waals surface area contributed by atoms with Crippen molar-refractivity contribution in [3.05, 3.63) is 24.0 Å². The Morgan fingerprint density at radius 2 is 2.33 bits per heavy atom. The zero-order valence-electron chi connectivity index (χ0n) is 11.1. The van der Waals surface area contributed by atoms with Crippen LogP contribution in [-0.2, 0) is 0 Å². The Balaban J connectivity index is 2.78. The zero-order valence-corrected chi connectivity index (χ0v) is 11.1. The number of nitrogens with two attached hydrogens (primary N) is 1. The van der Waals surface area contributed by atoms with Crippen LogP contribution in [0.1, 0.15) is 37.6 Å². The molecule has 0 bridgehead atoms. The van der Waals surface area contributed by atoms with Gasteiger partial charge in [0.2, 0.25) is 0 Å². The van der Waals surface area contributed by atoms with Crippen molar-refractivity contribution in [3.63, 3.8) is 0 Å². The minimum atomic E-state index is -0.840. The van der Waals surface area contributed by atoms with Gasteiger partial charge in [0.25, 0.3) is 5.91 Å². The van der Waals surface area contributed by atoms with E-state index < -0.39 is 11.5 Å². The lowest BCUT2D eigenvalue weighted by molar-refractivity contribution is 0.0175. The number of carbonyl (C=O) groups is 1. The number of aromatic nitrogens is 1. The van der Waals surface area contributed by atoms with Gasteiger partial charge in [0.05, 0.1) is 16.9 Å². The maximum absolute atomic E-state index is 11.2. The standard InChI is InChI=1S/C13H21N3O2/c1-4-9(2)13(3,18)8-16-11-5-6-15-7-10(11)12(14)17/h5-7,9,18H,4,8H2,1-3H3,(H2,14,17)(H,15,16). The third-order valence-electron chi connectivity index (χ3n) is 3.40. The molecular formula is C13H21N3O2. The van der Waals surface area contributed by atoms with E-state index in [0.717, 1.165) is 6.42 Å². The minimum absolute atomic E-state index is 0.156. The smallest absolute Gasteiger partial charge is 0.252 e. The highest BCUT2D eigenvalue weighted by Gasteiger charge is 2.27. The summed E-state index contributed by atoms with van der Waals surface area (Å²) >= 11 is 0. The van der Waals surface area contributed by atoms with Crippen LogP contribution in [0.4, 0.5) is 5.69 Å². The molecule has 100 valence electrons. The van der Waals surface area contributed by atoms with Gasteiger partial charge in [0.1, 0.15) is 0 Å². The van der Waals surface area contributed by atoms with Crippen molar-refractivity contribution in [3.8, 4) is 0 Å². The van der Waals surface area contributed by atoms with E-state index >= 15 is 0 Å². The van der Waals surface area contributed by atoms with Crippen LogP contribution in [-0.4, -0.2) is 28.1 Å². The number of amides is 1. The van der Waals surface area contributed by atoms with E-state index in [2.05, 4.69) is 10.3 Å². The van der Waals surface area contributed by atoms with Crippen LogP contribution in [0.15, 0.2) is 18.5 Å². The van der Waals surface area contributed by atoms with Crippen molar-refractivity contribution < 1.29 is 9.90 Å². The molecule has 4 N–H and O–H groups in total. The lowest BCUT2D eigenvalue weighted by Crippen LogP contribution is -2.40. The van der Waals surface area contributed by atoms with Crippen molar-refractivity contribution in [2.24, 2.45) is 11.7 Å². The highest BCUT2D eigenvalue weighted by molar-refractivity contribution is 5.98. The van der Waals surface area contributed by atoms with Crippen LogP contribution in [0, 0.1) is 5.92 Å². The number of carbonyl (C=O) groups excluding carboxylic acids is 1. The molecule has 0 saturated carbocycles. The molecule has 1 heterocycles. The number of primary amides is 1. The molecule has 1 rings (SSSR count). The van der Waals surface area contributed by atoms with Crippen molar-refractivity contribution in [1.82, 2.24) is 4.98 Å². The van der Waals surface area contributed by atoms with Gasteiger partial charge in [-0.05, 0) is 18.9 Å². The fourth-order valence-corrected chi connectivity index (χ4v) is 1.63. The van der Waals surface area contributed by atoms with Gasteiger partial charge in [0, 0.05) is 18.9 Å². The van der Waals surface area contributed by atoms with Crippen molar-refractivity contribution in [2.75, 3.05) is 11.9 Å². The monoisotopic (exact) mass is 251 g/mol. The molecule has 1 amide bonds. The quantitative estimate of drug-likeness (QED) is 0.713. The highest BCUT2D eigenvalue weighted by atomic mass is 16.3. The van der Waals surface area contributed by atoms with E-state index in [4.69, 9.17) is 5.73 Å². The first-order chi connectivity index (χ1) is 8.38. The Labute approximate surface area is 107 Å². The Morgan fingerprint density at radius 3 is 2.89 bits per heavy atom. The number of nitrogens with one attached hydrogen (secondary N) is 1. The molecule has 5 heteroatoms. The molecule has 0 aliphatic heterocycles. The average molecular weight is 251 g/mol. The lowest BCUT2D eigenvalue weighted by atomic mass is 9.88. The number of rotatable bonds is 6. The number of nitrogens with zero attached hydrogens (tertiary/aromatic N) is 1. The molecule has 2 unspecified atom stereocenters. The van der Waals surface area contributed by atoms with Gasteiger partial charge in [-0.1, -0.05) is 20.3 Å². The molecule has 0 spiro atoms. The summed E-state index contributed by atoms with van der Waals surface area (Å²) < 4.78 is 0. The third-order valence-corrected chi connectivity index (χ3v) is 3.40. The van der Waals surface area contributed by atoms with Crippen LogP contribution in [0.3, 0.4) is 0 Å². The third kappa shape index (κ3) is 3.43. The molecule has 0 aromatic carbocycles. The maximum atomic E-state index is 11.2. The number of aliphatic hydroxyl groups is 1. The first kappa shape index (κ1) is 14.4. The second kappa shape index (κ2) is 5.82. The number of pyridine rings is 1. The van der Waals surface area contributed by atoms with E-state index in [1.165, 1.54) is 6.20 Å². The highest BCUT2D eigenvalue weighted by Crippen LogP contribution is 2.21. The molecule has 0 aliphatic carbocycles. The molecule has 0 fully saturated rings. The van der Waals surface area contributed by atoms with Gasteiger partial charge in [-0.2, -0.15) is 0 Å². The number of hydrogen-bond acceptors (Lipinski definition) is 4. The molecule has 0 radical (unpaired) electrons. The molecule has 2 atom stereocenters. The summed E-state index contributed by atoms with van der Waals surface area (Å²) in [6, 6.07) is 1.67. The number of hydrogen-bond donors (Lipinski definition) is 3. The Kier molecular flexibility index (Phi) is 4.67. The summed E-state index contributed by atoms with van der Waals surface area (Å²) in [5.74, 6) is -0.377. The van der Waals surface area contributed by atoms with E-state index in [1.54, 1.807) is 19.2 Å². The summed E-state index contributed by atoms with van der Waals surface area (Å²) in [6.07, 6.45) is 3.88. The first-order valence-electron chi connectivity index (χ1n) is 6.08. The Bertz CT molecular complexity index is 418. The van der Waals surface area contributed by atoms with Crippen molar-refractivity contribution in [1.29, 1.82) is 0 Å². The normalized spacial score (nSPS) is 15.8. The maximum Gasteiger partial charge on any atom is 0.252 e. The molecule has 1 aromatic rings. The van der Waals surface area contributed by atoms with Crippen LogP contribution in [0.5, 0.6) is 0 Å². The fourth-order valence-electron chi connectivity index (χ4n) is 1.63. The second-order valence-electron chi connectivity index (χ2n) is 4.81. The largest absolute Gasteiger partial charge is 0.388 e. The molecule has 18 heavy (non-hydrogen) atoms. The van der Waals surface area contributed by atoms with Gasteiger partial charge in [-0.25, -0.2) is 0 Å². The van der Waals surface area contributed by atoms with Crippen molar-refractivity contribution >= 4 is 11.6 Å². The van der Waals surface area contributed by atoms with E-state index in [9.17, 15) is 9.90 Å². The van der Waals surface area contributed by atoms with Crippen LogP contribution < -0.4 is 11.1 Å². The Morgan fingerprint density at radius 1 is 1.67 bits per heavy atom. The summed E-state index contributed by atoms with van der Waals surface area (Å²) in [5.41, 5.74) is 5.35. The SMILES string of the molecule is CCC(C)C(C)(O)CNc1ccncc1C(N)=O. The molecular weight excluding hydrogens is 230 g/mol. The first-order valence-corrected chi connectivity index (χ1v) is 6.08. The molecule has 5 nitrogen and oxygen atoms in total. The molecule has 1 aromatic heterocycles. The second-order valence-corrected chi connectivity index (χ2v) is 4.81. The van der Waals surface area contributed by atoms with Gasteiger partial charge in [0.15, 0.2) is 0 Å². The van der Waals surface area contributed by atoms with E-state index in [0.29, 0.717) is 17.8 Å². The lowest BCUT2D eigenvalue weighted by Gasteiger charge is -2.30. The predicted octanol–water partition coefficient (Wildman–Crippen LogP) is 1.39. The summed E-state index contributed by atoms with van der Waals surface area (Å²) in [4.78, 5) is 15.1. The van der Waals surface area contributed by atoms with Crippen LogP contribution in [0.2, 0.25) is 0 Å². The van der Waals surface area contributed by atoms with Crippen LogP contribution in [0.25, 0.3) is 0 Å².